The molecular weight excluding hydrogens is 667 g/mol. The molecule has 6 rings (SSSR count). The van der Waals surface area contributed by atoms with Gasteiger partial charge in [-0.2, -0.15) is 0 Å². The molecule has 254 valence electrons. The summed E-state index contributed by atoms with van der Waals surface area (Å²) >= 11 is 11.8. The number of nitrogens with zero attached hydrogens (tertiary/aromatic N) is 2. The fourth-order valence-electron chi connectivity index (χ4n) is 6.43. The van der Waals surface area contributed by atoms with Crippen molar-refractivity contribution in [2.75, 3.05) is 25.0 Å². The van der Waals surface area contributed by atoms with Crippen LogP contribution in [0.5, 0.6) is 0 Å². The summed E-state index contributed by atoms with van der Waals surface area (Å²) in [6.45, 7) is -1.19. The Morgan fingerprint density at radius 2 is 1.26 bits per heavy atom. The first-order valence-corrected chi connectivity index (χ1v) is 15.4. The van der Waals surface area contributed by atoms with Gasteiger partial charge in [0.1, 0.15) is 29.5 Å². The van der Waals surface area contributed by atoms with Gasteiger partial charge in [0.15, 0.2) is 11.9 Å². The molecule has 0 unspecified atom stereocenters. The first-order valence-electron chi connectivity index (χ1n) is 14.4. The number of fused-ring (bicyclic) bond motifs is 1. The zero-order valence-corrected chi connectivity index (χ0v) is 26.1. The van der Waals surface area contributed by atoms with E-state index < -0.39 is 88.6 Å². The first kappa shape index (κ1) is 35.1. The quantitative estimate of drug-likeness (QED) is 0.135. The van der Waals surface area contributed by atoms with E-state index in [1.54, 1.807) is 0 Å². The SMILES string of the molecule is C#C[C@]1(n2ccc(=O)[nH]c2=O)O[C@@](CO)(CCl)[C@@H](O)[C@H]1O.C#C[C@]1(n2ccc(=O)[nH]c2=O)O[C@@](CO)(CCl)[C@H]2OC3(CCCC3)O[C@H]21. The highest BCUT2D eigenvalue weighted by atomic mass is 35.5. The second-order valence-corrected chi connectivity index (χ2v) is 12.2. The molecule has 0 radical (unpaired) electrons. The van der Waals surface area contributed by atoms with Gasteiger partial charge in [0.05, 0.1) is 25.0 Å². The van der Waals surface area contributed by atoms with Gasteiger partial charge in [-0.3, -0.25) is 28.7 Å². The van der Waals surface area contributed by atoms with Crippen LogP contribution in [0.4, 0.5) is 0 Å². The average Bonchev–Trinajstić information content (AvgIpc) is 3.80. The lowest BCUT2D eigenvalue weighted by molar-refractivity contribution is -0.251. The maximum Gasteiger partial charge on any atom is 0.331 e. The Bertz CT molecular complexity index is 1810. The van der Waals surface area contributed by atoms with Crippen molar-refractivity contribution in [3.63, 3.8) is 0 Å². The van der Waals surface area contributed by atoms with Crippen molar-refractivity contribution in [1.82, 2.24) is 19.1 Å². The molecule has 3 aliphatic heterocycles. The summed E-state index contributed by atoms with van der Waals surface area (Å²) in [5.41, 5.74) is -9.77. The Kier molecular flexibility index (Phi) is 9.43. The molecule has 4 fully saturated rings. The molecule has 16 nitrogen and oxygen atoms in total. The lowest BCUT2D eigenvalue weighted by Gasteiger charge is -2.36. The number of aliphatic hydroxyl groups is 4. The van der Waals surface area contributed by atoms with Crippen LogP contribution >= 0.6 is 23.2 Å². The van der Waals surface area contributed by atoms with Gasteiger partial charge < -0.3 is 39.4 Å². The Balaban J connectivity index is 0.000000189. The highest BCUT2D eigenvalue weighted by Crippen LogP contribution is 2.54. The van der Waals surface area contributed by atoms with E-state index in [9.17, 15) is 39.6 Å². The van der Waals surface area contributed by atoms with Gasteiger partial charge in [0.2, 0.25) is 11.4 Å². The zero-order chi connectivity index (χ0) is 34.4. The number of hydrogen-bond donors (Lipinski definition) is 6. The third kappa shape index (κ3) is 5.30. The first-order chi connectivity index (χ1) is 22.3. The van der Waals surface area contributed by atoms with Crippen molar-refractivity contribution in [1.29, 1.82) is 0 Å². The van der Waals surface area contributed by atoms with Gasteiger partial charge in [-0.1, -0.05) is 0 Å². The van der Waals surface area contributed by atoms with Crippen LogP contribution in [0.2, 0.25) is 0 Å². The molecule has 18 heteroatoms. The highest BCUT2D eigenvalue weighted by molar-refractivity contribution is 6.19. The Hall–Kier alpha value is -3.26. The Labute approximate surface area is 275 Å². The second-order valence-electron chi connectivity index (χ2n) is 11.6. The third-order valence-electron chi connectivity index (χ3n) is 8.95. The molecule has 1 aliphatic carbocycles. The monoisotopic (exact) mass is 698 g/mol. The minimum absolute atomic E-state index is 0.106. The van der Waals surface area contributed by atoms with E-state index in [1.807, 2.05) is 4.98 Å². The number of ether oxygens (including phenoxy) is 4. The molecule has 5 heterocycles. The summed E-state index contributed by atoms with van der Waals surface area (Å²) in [6.07, 6.45) is 11.7. The van der Waals surface area contributed by atoms with Crippen LogP contribution in [0.3, 0.4) is 0 Å². The lowest BCUT2D eigenvalue weighted by Crippen LogP contribution is -2.51. The van der Waals surface area contributed by atoms with Crippen LogP contribution in [0.15, 0.2) is 43.7 Å². The minimum Gasteiger partial charge on any atom is -0.393 e. The van der Waals surface area contributed by atoms with E-state index in [-0.39, 0.29) is 11.8 Å². The largest absolute Gasteiger partial charge is 0.393 e. The molecule has 0 aromatic carbocycles. The molecule has 4 aliphatic rings. The van der Waals surface area contributed by atoms with Crippen LogP contribution in [0, 0.1) is 24.7 Å². The summed E-state index contributed by atoms with van der Waals surface area (Å²) < 4.78 is 25.7. The second kappa shape index (κ2) is 12.6. The van der Waals surface area contributed by atoms with Crippen LogP contribution < -0.4 is 22.5 Å². The molecule has 6 N–H and O–H groups in total. The molecule has 0 bridgehead atoms. The van der Waals surface area contributed by atoms with Crippen molar-refractivity contribution >= 4 is 23.2 Å². The van der Waals surface area contributed by atoms with Crippen LogP contribution in [-0.2, 0) is 30.4 Å². The van der Waals surface area contributed by atoms with Crippen molar-refractivity contribution in [3.8, 4) is 24.7 Å². The maximum absolute atomic E-state index is 12.4. The molecule has 2 aromatic heterocycles. The number of nitrogens with one attached hydrogen (secondary N) is 2. The smallest absolute Gasteiger partial charge is 0.331 e. The standard InChI is InChI=1S/C17H19ClN2O6.C12H13ClN2O6/c1-2-17(20-8-5-11(22)19-14(20)23)13-12(15(9-18,10-21)26-17)24-16(25-13)6-3-4-7-16;1-2-12(15-4-3-7(17)14-10(15)20)9(19)8(18)11(5-13,6-16)21-12/h1,5,8,12-13,21H,3-4,6-7,9-10H2,(H,19,22,23);1,3-4,8-9,16,18-19H,5-6H2,(H,14,17,20)/t12-,13+,15+,17-;8-,9+,11+,12-/m00/s1. The van der Waals surface area contributed by atoms with Gasteiger partial charge in [-0.25, -0.2) is 9.59 Å². The molecule has 1 saturated carbocycles. The fraction of sp³-hybridized carbons (Fsp3) is 0.586. The molecule has 3 saturated heterocycles. The van der Waals surface area contributed by atoms with Crippen LogP contribution in [-0.4, -0.2) is 106 Å². The fourth-order valence-corrected chi connectivity index (χ4v) is 7.02. The van der Waals surface area contributed by atoms with E-state index in [1.165, 1.54) is 12.3 Å². The minimum atomic E-state index is -2.10. The summed E-state index contributed by atoms with van der Waals surface area (Å²) in [5.74, 6) is 3.30. The van der Waals surface area contributed by atoms with Crippen LogP contribution in [0.1, 0.15) is 25.7 Å². The van der Waals surface area contributed by atoms with Gasteiger partial charge in [0, 0.05) is 37.4 Å². The van der Waals surface area contributed by atoms with Crippen molar-refractivity contribution in [2.24, 2.45) is 0 Å². The number of halogens is 2. The van der Waals surface area contributed by atoms with E-state index in [2.05, 4.69) is 16.8 Å². The summed E-state index contributed by atoms with van der Waals surface area (Å²) in [5, 5.41) is 39.7. The number of alkyl halides is 2. The van der Waals surface area contributed by atoms with Crippen molar-refractivity contribution in [2.45, 2.75) is 78.5 Å². The molecule has 2 aromatic rings. The predicted molar refractivity (Wildman–Crippen MR) is 162 cm³/mol. The molecule has 8 atom stereocenters. The molecule has 0 amide bonds. The highest BCUT2D eigenvalue weighted by Gasteiger charge is 2.71. The average molecular weight is 699 g/mol. The number of terminal acetylenes is 2. The number of H-pyrrole nitrogens is 2. The number of aliphatic hydroxyl groups excluding tert-OH is 4. The Morgan fingerprint density at radius 3 is 1.68 bits per heavy atom. The van der Waals surface area contributed by atoms with Crippen molar-refractivity contribution < 1.29 is 39.4 Å². The number of hydrogen-bond acceptors (Lipinski definition) is 12. The van der Waals surface area contributed by atoms with E-state index in [4.69, 9.17) is 55.0 Å². The van der Waals surface area contributed by atoms with Gasteiger partial charge in [-0.15, -0.1) is 36.0 Å². The lowest BCUT2D eigenvalue weighted by atomic mass is 9.95. The molecule has 1 spiro atoms. The maximum atomic E-state index is 12.4. The van der Waals surface area contributed by atoms with E-state index in [0.29, 0.717) is 12.8 Å². The molecule has 47 heavy (non-hydrogen) atoms. The predicted octanol–water partition coefficient (Wildman–Crippen LogP) is -2.58. The summed E-state index contributed by atoms with van der Waals surface area (Å²) in [7, 11) is 0. The number of aromatic amines is 2. The van der Waals surface area contributed by atoms with E-state index in [0.717, 1.165) is 34.2 Å². The number of rotatable bonds is 6. The van der Waals surface area contributed by atoms with E-state index >= 15 is 0 Å². The zero-order valence-electron chi connectivity index (χ0n) is 24.6. The van der Waals surface area contributed by atoms with Gasteiger partial charge in [-0.05, 0) is 24.7 Å². The van der Waals surface area contributed by atoms with Gasteiger partial charge in [0.25, 0.3) is 11.1 Å². The third-order valence-corrected chi connectivity index (χ3v) is 9.85. The van der Waals surface area contributed by atoms with Crippen LogP contribution in [0.25, 0.3) is 0 Å². The summed E-state index contributed by atoms with van der Waals surface area (Å²) in [4.78, 5) is 51.0. The van der Waals surface area contributed by atoms with Crippen molar-refractivity contribution in [3.05, 3.63) is 66.2 Å². The normalized spacial score (nSPS) is 36.8. The topological polar surface area (TPSA) is 228 Å². The number of aromatic nitrogens is 4. The molecular formula is C29H32Cl2N4O12. The summed E-state index contributed by atoms with van der Waals surface area (Å²) in [6, 6.07) is 2.17. The Morgan fingerprint density at radius 1 is 0.787 bits per heavy atom. The van der Waals surface area contributed by atoms with Gasteiger partial charge >= 0.3 is 11.4 Å².